The number of anilines is 1. The van der Waals surface area contributed by atoms with Gasteiger partial charge in [0.15, 0.2) is 0 Å². The van der Waals surface area contributed by atoms with Gasteiger partial charge < -0.3 is 9.64 Å². The number of hydrogen-bond donors (Lipinski definition) is 0. The molecule has 5 heteroatoms. The maximum atomic E-state index is 11.3. The highest BCUT2D eigenvalue weighted by molar-refractivity contribution is 5.63. The van der Waals surface area contributed by atoms with Gasteiger partial charge >= 0.3 is 0 Å². The van der Waals surface area contributed by atoms with Gasteiger partial charge in [0.2, 0.25) is 0 Å². The molecule has 1 aliphatic heterocycles. The summed E-state index contributed by atoms with van der Waals surface area (Å²) in [4.78, 5) is 12.9. The predicted octanol–water partition coefficient (Wildman–Crippen LogP) is 3.49. The largest absolute Gasteiger partial charge is 0.357 e. The van der Waals surface area contributed by atoms with Crippen molar-refractivity contribution in [3.8, 4) is 0 Å². The Hall–Kier alpha value is -2.40. The fourth-order valence-electron chi connectivity index (χ4n) is 3.77. The second kappa shape index (κ2) is 5.66. The monoisotopic (exact) mass is 310 g/mol. The Morgan fingerprint density at radius 3 is 2.78 bits per heavy atom. The Morgan fingerprint density at radius 1 is 1.13 bits per heavy atom. The van der Waals surface area contributed by atoms with Crippen molar-refractivity contribution in [2.24, 2.45) is 0 Å². The molecule has 2 unspecified atom stereocenters. The van der Waals surface area contributed by atoms with Crippen molar-refractivity contribution in [1.29, 1.82) is 0 Å². The van der Waals surface area contributed by atoms with Crippen LogP contribution in [0.25, 0.3) is 0 Å². The minimum atomic E-state index is -0.323. The summed E-state index contributed by atoms with van der Waals surface area (Å²) >= 11 is 0. The molecule has 0 radical (unpaired) electrons. The first-order valence-electron chi connectivity index (χ1n) is 7.92. The SMILES string of the molecule is O=[N+]([O-])c1ccccc1N1COC2CCc3ccccc3C2C1. The van der Waals surface area contributed by atoms with E-state index in [9.17, 15) is 10.1 Å². The summed E-state index contributed by atoms with van der Waals surface area (Å²) in [7, 11) is 0. The third-order valence-electron chi connectivity index (χ3n) is 4.88. The van der Waals surface area contributed by atoms with Crippen LogP contribution in [0.4, 0.5) is 11.4 Å². The second-order valence-corrected chi connectivity index (χ2v) is 6.15. The smallest absolute Gasteiger partial charge is 0.292 e. The molecule has 1 saturated heterocycles. The molecule has 2 aliphatic rings. The molecule has 0 amide bonds. The van der Waals surface area contributed by atoms with E-state index in [1.165, 1.54) is 11.1 Å². The summed E-state index contributed by atoms with van der Waals surface area (Å²) in [5.74, 6) is 0.272. The number of nitro benzene ring substituents is 1. The first kappa shape index (κ1) is 14.2. The Morgan fingerprint density at radius 2 is 1.91 bits per heavy atom. The van der Waals surface area contributed by atoms with E-state index in [1.807, 2.05) is 11.0 Å². The molecule has 1 heterocycles. The van der Waals surface area contributed by atoms with Gasteiger partial charge in [-0.05, 0) is 30.0 Å². The number of hydrogen-bond acceptors (Lipinski definition) is 4. The highest BCUT2D eigenvalue weighted by Gasteiger charge is 2.36. The molecule has 2 aromatic rings. The van der Waals surface area contributed by atoms with Crippen molar-refractivity contribution < 1.29 is 9.66 Å². The minimum Gasteiger partial charge on any atom is -0.357 e. The lowest BCUT2D eigenvalue weighted by Crippen LogP contribution is -2.45. The number of fused-ring (bicyclic) bond motifs is 3. The Labute approximate surface area is 134 Å². The molecule has 23 heavy (non-hydrogen) atoms. The zero-order valence-electron chi connectivity index (χ0n) is 12.7. The summed E-state index contributed by atoms with van der Waals surface area (Å²) in [6.07, 6.45) is 2.28. The van der Waals surface area contributed by atoms with Gasteiger partial charge in [-0.3, -0.25) is 10.1 Å². The van der Waals surface area contributed by atoms with Gasteiger partial charge in [-0.2, -0.15) is 0 Å². The molecule has 0 N–H and O–H groups in total. The molecule has 0 bridgehead atoms. The molecule has 1 aliphatic carbocycles. The van der Waals surface area contributed by atoms with Crippen molar-refractivity contribution in [2.45, 2.75) is 24.9 Å². The first-order chi connectivity index (χ1) is 11.2. The van der Waals surface area contributed by atoms with Gasteiger partial charge in [-0.15, -0.1) is 0 Å². The number of nitrogens with zero attached hydrogens (tertiary/aromatic N) is 2. The van der Waals surface area contributed by atoms with Crippen LogP contribution < -0.4 is 4.90 Å². The molecule has 1 fully saturated rings. The van der Waals surface area contributed by atoms with Crippen LogP contribution in [0.2, 0.25) is 0 Å². The number of ether oxygens (including phenoxy) is 1. The third-order valence-corrected chi connectivity index (χ3v) is 4.88. The van der Waals surface area contributed by atoms with Crippen LogP contribution in [-0.4, -0.2) is 24.3 Å². The van der Waals surface area contributed by atoms with E-state index in [0.29, 0.717) is 12.4 Å². The number of nitro groups is 1. The first-order valence-corrected chi connectivity index (χ1v) is 7.92. The minimum absolute atomic E-state index is 0.138. The van der Waals surface area contributed by atoms with E-state index in [1.54, 1.807) is 18.2 Å². The zero-order valence-corrected chi connectivity index (χ0v) is 12.7. The molecule has 0 saturated carbocycles. The zero-order chi connectivity index (χ0) is 15.8. The van der Waals surface area contributed by atoms with Crippen LogP contribution in [0.15, 0.2) is 48.5 Å². The normalized spacial score (nSPS) is 23.0. The highest BCUT2D eigenvalue weighted by atomic mass is 16.6. The van der Waals surface area contributed by atoms with Crippen molar-refractivity contribution in [3.05, 3.63) is 69.8 Å². The summed E-state index contributed by atoms with van der Waals surface area (Å²) in [5, 5.41) is 11.3. The van der Waals surface area contributed by atoms with Crippen LogP contribution in [0.1, 0.15) is 23.5 Å². The maximum absolute atomic E-state index is 11.3. The molecule has 2 aromatic carbocycles. The van der Waals surface area contributed by atoms with E-state index < -0.39 is 0 Å². The topological polar surface area (TPSA) is 55.6 Å². The predicted molar refractivity (Wildman–Crippen MR) is 87.7 cm³/mol. The van der Waals surface area contributed by atoms with Crippen molar-refractivity contribution in [3.63, 3.8) is 0 Å². The summed E-state index contributed by atoms with van der Waals surface area (Å²) in [6, 6.07) is 15.4. The third kappa shape index (κ3) is 2.47. The lowest BCUT2D eigenvalue weighted by atomic mass is 9.79. The molecule has 118 valence electrons. The molecule has 5 nitrogen and oxygen atoms in total. The van der Waals surface area contributed by atoms with E-state index in [4.69, 9.17) is 4.74 Å². The number of aryl methyl sites for hydroxylation is 1. The van der Waals surface area contributed by atoms with E-state index >= 15 is 0 Å². The average Bonchev–Trinajstić information content (AvgIpc) is 2.61. The van der Waals surface area contributed by atoms with Gasteiger partial charge in [-0.25, -0.2) is 0 Å². The highest BCUT2D eigenvalue weighted by Crippen LogP contribution is 2.39. The Bertz CT molecular complexity index is 747. The van der Waals surface area contributed by atoms with E-state index in [-0.39, 0.29) is 22.6 Å². The molecular weight excluding hydrogens is 292 g/mol. The van der Waals surface area contributed by atoms with E-state index in [0.717, 1.165) is 19.4 Å². The molecular formula is C18H18N2O3. The fourth-order valence-corrected chi connectivity index (χ4v) is 3.77. The van der Waals surface area contributed by atoms with Gasteiger partial charge in [-0.1, -0.05) is 36.4 Å². The number of para-hydroxylation sites is 2. The van der Waals surface area contributed by atoms with Gasteiger partial charge in [0.1, 0.15) is 12.4 Å². The van der Waals surface area contributed by atoms with Gasteiger partial charge in [0.25, 0.3) is 5.69 Å². The second-order valence-electron chi connectivity index (χ2n) is 6.15. The van der Waals surface area contributed by atoms with Gasteiger partial charge in [0.05, 0.1) is 11.0 Å². The maximum Gasteiger partial charge on any atom is 0.292 e. The summed E-state index contributed by atoms with van der Waals surface area (Å²) < 4.78 is 6.04. The van der Waals surface area contributed by atoms with Crippen LogP contribution in [-0.2, 0) is 11.2 Å². The quantitative estimate of drug-likeness (QED) is 0.629. The molecule has 2 atom stereocenters. The molecule has 4 rings (SSSR count). The molecule has 0 aromatic heterocycles. The van der Waals surface area contributed by atoms with Crippen molar-refractivity contribution >= 4 is 11.4 Å². The van der Waals surface area contributed by atoms with Crippen LogP contribution >= 0.6 is 0 Å². The number of benzene rings is 2. The van der Waals surface area contributed by atoms with Crippen LogP contribution in [0.5, 0.6) is 0 Å². The van der Waals surface area contributed by atoms with Crippen molar-refractivity contribution in [1.82, 2.24) is 0 Å². The lowest BCUT2D eigenvalue weighted by Gasteiger charge is -2.42. The summed E-state index contributed by atoms with van der Waals surface area (Å²) in [6.45, 7) is 1.17. The molecule has 0 spiro atoms. The Balaban J connectivity index is 1.67. The van der Waals surface area contributed by atoms with Crippen molar-refractivity contribution in [2.75, 3.05) is 18.2 Å². The standard InChI is InChI=1S/C18H18N2O3/c21-20(22)17-8-4-3-7-16(17)19-11-15-14-6-2-1-5-13(14)9-10-18(15)23-12-19/h1-8,15,18H,9-12H2. The summed E-state index contributed by atoms with van der Waals surface area (Å²) in [5.41, 5.74) is 3.48. The van der Waals surface area contributed by atoms with Crippen LogP contribution in [0.3, 0.4) is 0 Å². The average molecular weight is 310 g/mol. The Kier molecular flexibility index (Phi) is 3.50. The van der Waals surface area contributed by atoms with E-state index in [2.05, 4.69) is 24.3 Å². The number of rotatable bonds is 2. The lowest BCUT2D eigenvalue weighted by molar-refractivity contribution is -0.384. The van der Waals surface area contributed by atoms with Crippen LogP contribution in [0, 0.1) is 10.1 Å². The van der Waals surface area contributed by atoms with Gasteiger partial charge in [0, 0.05) is 18.5 Å². The fraction of sp³-hybridized carbons (Fsp3) is 0.333.